The fourth-order valence-corrected chi connectivity index (χ4v) is 2.42. The highest BCUT2D eigenvalue weighted by atomic mass is 16.6. The van der Waals surface area contributed by atoms with Crippen LogP contribution in [-0.2, 0) is 4.74 Å². The zero-order valence-electron chi connectivity index (χ0n) is 9.82. The van der Waals surface area contributed by atoms with Gasteiger partial charge in [0, 0.05) is 0 Å². The summed E-state index contributed by atoms with van der Waals surface area (Å²) in [5.41, 5.74) is 2.03. The first-order chi connectivity index (χ1) is 7.04. The van der Waals surface area contributed by atoms with Crippen LogP contribution >= 0.6 is 0 Å². The fourth-order valence-electron chi connectivity index (χ4n) is 2.42. The van der Waals surface area contributed by atoms with Crippen LogP contribution in [0.4, 0.5) is 4.79 Å². The first kappa shape index (κ1) is 12.3. The molecule has 1 saturated carbocycles. The molecule has 3 atom stereocenters. The standard InChI is InChI=1S/C11H22N2O2/c1-7(2)9-5-4-8(3)6-10(9)15-11(14)13-12/h7-10H,4-6,12H2,1-3H3,(H,13,14)/t8-,9+,10-/m0/s1. The molecule has 0 bridgehead atoms. The van der Waals surface area contributed by atoms with Crippen LogP contribution in [0.5, 0.6) is 0 Å². The second-order valence-corrected chi connectivity index (χ2v) is 4.91. The van der Waals surface area contributed by atoms with Crippen molar-refractivity contribution >= 4 is 6.09 Å². The van der Waals surface area contributed by atoms with Gasteiger partial charge in [-0.15, -0.1) is 0 Å². The lowest BCUT2D eigenvalue weighted by Crippen LogP contribution is -2.40. The van der Waals surface area contributed by atoms with Crippen molar-refractivity contribution in [3.8, 4) is 0 Å². The third-order valence-electron chi connectivity index (χ3n) is 3.34. The summed E-state index contributed by atoms with van der Waals surface area (Å²) in [7, 11) is 0. The van der Waals surface area contributed by atoms with Gasteiger partial charge in [-0.1, -0.05) is 27.2 Å². The van der Waals surface area contributed by atoms with Crippen LogP contribution in [0.1, 0.15) is 40.0 Å². The lowest BCUT2D eigenvalue weighted by atomic mass is 9.75. The van der Waals surface area contributed by atoms with Crippen molar-refractivity contribution in [1.29, 1.82) is 0 Å². The van der Waals surface area contributed by atoms with Gasteiger partial charge >= 0.3 is 6.09 Å². The minimum atomic E-state index is -0.514. The Labute approximate surface area is 91.5 Å². The molecule has 0 aromatic carbocycles. The predicted octanol–water partition coefficient (Wildman–Crippen LogP) is 2.05. The molecule has 1 fully saturated rings. The molecule has 0 aliphatic heterocycles. The van der Waals surface area contributed by atoms with Crippen LogP contribution < -0.4 is 11.3 Å². The second-order valence-electron chi connectivity index (χ2n) is 4.91. The lowest BCUT2D eigenvalue weighted by Gasteiger charge is -2.36. The third kappa shape index (κ3) is 3.38. The van der Waals surface area contributed by atoms with E-state index in [4.69, 9.17) is 10.6 Å². The van der Waals surface area contributed by atoms with Crippen LogP contribution in [0.25, 0.3) is 0 Å². The topological polar surface area (TPSA) is 64.3 Å². The number of nitrogens with one attached hydrogen (secondary N) is 1. The molecule has 0 unspecified atom stereocenters. The SMILES string of the molecule is CC(C)[C@H]1CC[C@H](C)C[C@@H]1OC(=O)NN. The lowest BCUT2D eigenvalue weighted by molar-refractivity contribution is 0.00622. The van der Waals surface area contributed by atoms with Crippen molar-refractivity contribution in [1.82, 2.24) is 5.43 Å². The molecule has 1 aliphatic carbocycles. The highest BCUT2D eigenvalue weighted by Crippen LogP contribution is 2.35. The van der Waals surface area contributed by atoms with Crippen molar-refractivity contribution in [3.05, 3.63) is 0 Å². The van der Waals surface area contributed by atoms with E-state index in [1.165, 1.54) is 6.42 Å². The van der Waals surface area contributed by atoms with Crippen LogP contribution in [0.2, 0.25) is 0 Å². The van der Waals surface area contributed by atoms with E-state index in [0.717, 1.165) is 12.8 Å². The van der Waals surface area contributed by atoms with E-state index >= 15 is 0 Å². The number of carbonyl (C=O) groups excluding carboxylic acids is 1. The number of hydrogen-bond acceptors (Lipinski definition) is 3. The number of hydrogen-bond donors (Lipinski definition) is 2. The molecule has 4 nitrogen and oxygen atoms in total. The maximum absolute atomic E-state index is 11.1. The molecular weight excluding hydrogens is 192 g/mol. The normalized spacial score (nSPS) is 31.4. The monoisotopic (exact) mass is 214 g/mol. The minimum Gasteiger partial charge on any atom is -0.445 e. The van der Waals surface area contributed by atoms with Crippen molar-refractivity contribution in [2.75, 3.05) is 0 Å². The molecule has 0 spiro atoms. The molecule has 0 aromatic rings. The van der Waals surface area contributed by atoms with Crippen molar-refractivity contribution < 1.29 is 9.53 Å². The molecule has 1 aliphatic rings. The average Bonchev–Trinajstić information content (AvgIpc) is 2.17. The molecule has 0 aromatic heterocycles. The number of hydrazine groups is 1. The van der Waals surface area contributed by atoms with Gasteiger partial charge in [-0.25, -0.2) is 10.6 Å². The summed E-state index contributed by atoms with van der Waals surface area (Å²) in [5, 5.41) is 0. The van der Waals surface area contributed by atoms with Crippen molar-refractivity contribution in [2.45, 2.75) is 46.1 Å². The van der Waals surface area contributed by atoms with E-state index in [9.17, 15) is 4.79 Å². The van der Waals surface area contributed by atoms with Crippen molar-refractivity contribution in [2.24, 2.45) is 23.6 Å². The summed E-state index contributed by atoms with van der Waals surface area (Å²) >= 11 is 0. The Hall–Kier alpha value is -0.770. The number of ether oxygens (including phenoxy) is 1. The largest absolute Gasteiger partial charge is 0.445 e. The number of carbonyl (C=O) groups is 1. The number of rotatable bonds is 2. The quantitative estimate of drug-likeness (QED) is 0.420. The van der Waals surface area contributed by atoms with Crippen LogP contribution in [0.15, 0.2) is 0 Å². The molecule has 1 amide bonds. The van der Waals surface area contributed by atoms with E-state index in [1.54, 1.807) is 0 Å². The van der Waals surface area contributed by atoms with E-state index in [0.29, 0.717) is 17.8 Å². The number of nitrogens with two attached hydrogens (primary N) is 1. The van der Waals surface area contributed by atoms with Gasteiger partial charge in [0.1, 0.15) is 6.10 Å². The summed E-state index contributed by atoms with van der Waals surface area (Å²) in [5.74, 6) is 6.68. The van der Waals surface area contributed by atoms with Gasteiger partial charge < -0.3 is 4.74 Å². The Morgan fingerprint density at radius 2 is 2.13 bits per heavy atom. The zero-order valence-corrected chi connectivity index (χ0v) is 9.82. The molecule has 4 heteroatoms. The Morgan fingerprint density at radius 1 is 1.47 bits per heavy atom. The first-order valence-electron chi connectivity index (χ1n) is 5.71. The Balaban J connectivity index is 2.57. The third-order valence-corrected chi connectivity index (χ3v) is 3.34. The number of amides is 1. The predicted molar refractivity (Wildman–Crippen MR) is 58.9 cm³/mol. The molecule has 0 heterocycles. The van der Waals surface area contributed by atoms with Gasteiger partial charge in [-0.3, -0.25) is 5.43 Å². The van der Waals surface area contributed by atoms with E-state index in [-0.39, 0.29) is 6.10 Å². The summed E-state index contributed by atoms with van der Waals surface area (Å²) in [6.45, 7) is 6.56. The fraction of sp³-hybridized carbons (Fsp3) is 0.909. The van der Waals surface area contributed by atoms with E-state index < -0.39 is 6.09 Å². The Morgan fingerprint density at radius 3 is 2.67 bits per heavy atom. The smallest absolute Gasteiger partial charge is 0.421 e. The Bertz CT molecular complexity index is 219. The highest BCUT2D eigenvalue weighted by molar-refractivity contribution is 5.66. The maximum atomic E-state index is 11.1. The molecule has 88 valence electrons. The average molecular weight is 214 g/mol. The summed E-state index contributed by atoms with van der Waals surface area (Å²) in [6, 6.07) is 0. The first-order valence-corrected chi connectivity index (χ1v) is 5.71. The molecule has 1 rings (SSSR count). The summed E-state index contributed by atoms with van der Waals surface area (Å²) in [4.78, 5) is 11.1. The summed E-state index contributed by atoms with van der Waals surface area (Å²) in [6.07, 6.45) is 2.84. The molecule has 3 N–H and O–H groups in total. The van der Waals surface area contributed by atoms with Gasteiger partial charge in [-0.05, 0) is 30.6 Å². The van der Waals surface area contributed by atoms with Gasteiger partial charge in [0.2, 0.25) is 0 Å². The molecular formula is C11H22N2O2. The minimum absolute atomic E-state index is 0.0253. The van der Waals surface area contributed by atoms with E-state index in [1.807, 2.05) is 5.43 Å². The molecule has 15 heavy (non-hydrogen) atoms. The van der Waals surface area contributed by atoms with Crippen LogP contribution in [0, 0.1) is 17.8 Å². The molecule has 0 radical (unpaired) electrons. The van der Waals surface area contributed by atoms with Crippen LogP contribution in [-0.4, -0.2) is 12.2 Å². The Kier molecular flexibility index (Phi) is 4.39. The van der Waals surface area contributed by atoms with Gasteiger partial charge in [0.25, 0.3) is 0 Å². The van der Waals surface area contributed by atoms with Crippen LogP contribution in [0.3, 0.4) is 0 Å². The van der Waals surface area contributed by atoms with E-state index in [2.05, 4.69) is 20.8 Å². The zero-order chi connectivity index (χ0) is 11.4. The van der Waals surface area contributed by atoms with Crippen molar-refractivity contribution in [3.63, 3.8) is 0 Å². The summed E-state index contributed by atoms with van der Waals surface area (Å²) < 4.78 is 5.31. The highest BCUT2D eigenvalue weighted by Gasteiger charge is 2.33. The van der Waals surface area contributed by atoms with Gasteiger partial charge in [0.15, 0.2) is 0 Å². The molecule has 0 saturated heterocycles. The second kappa shape index (κ2) is 5.35. The maximum Gasteiger partial charge on any atom is 0.421 e. The van der Waals surface area contributed by atoms with Gasteiger partial charge in [0.05, 0.1) is 0 Å². The van der Waals surface area contributed by atoms with Gasteiger partial charge in [-0.2, -0.15) is 0 Å².